The maximum absolute atomic E-state index is 5.68. The highest BCUT2D eigenvalue weighted by molar-refractivity contribution is 5.42. The van der Waals surface area contributed by atoms with E-state index < -0.39 is 0 Å². The Kier molecular flexibility index (Phi) is 3.44. The highest BCUT2D eigenvalue weighted by Gasteiger charge is 2.20. The van der Waals surface area contributed by atoms with E-state index in [2.05, 4.69) is 22.2 Å². The average Bonchev–Trinajstić information content (AvgIpc) is 2.20. The Hall–Kier alpha value is -1.52. The van der Waals surface area contributed by atoms with Gasteiger partial charge in [-0.3, -0.25) is 0 Å². The minimum atomic E-state index is 0.260. The van der Waals surface area contributed by atoms with E-state index in [-0.39, 0.29) is 5.95 Å². The zero-order valence-electron chi connectivity index (χ0n) is 9.57. The van der Waals surface area contributed by atoms with Crippen LogP contribution in [0.25, 0.3) is 0 Å². The van der Waals surface area contributed by atoms with Crippen molar-refractivity contribution in [2.45, 2.75) is 38.7 Å². The molecule has 0 aliphatic heterocycles. The van der Waals surface area contributed by atoms with Crippen molar-refractivity contribution in [2.24, 2.45) is 0 Å². The van der Waals surface area contributed by atoms with Gasteiger partial charge in [0.05, 0.1) is 0 Å². The number of ether oxygens (including phenoxy) is 1. The van der Waals surface area contributed by atoms with Crippen LogP contribution in [0.1, 0.15) is 32.6 Å². The molecule has 0 amide bonds. The van der Waals surface area contributed by atoms with Crippen molar-refractivity contribution in [1.82, 2.24) is 9.97 Å². The molecule has 0 saturated heterocycles. The molecule has 1 aliphatic rings. The smallest absolute Gasteiger partial charge is 0.225 e. The van der Waals surface area contributed by atoms with Crippen LogP contribution in [0.2, 0.25) is 0 Å². The molecule has 88 valence electrons. The minimum Gasteiger partial charge on any atom is -0.474 e. The summed E-state index contributed by atoms with van der Waals surface area (Å²) >= 11 is 0. The standard InChI is InChI=1S/C11H18N4O/c1-2-6-13-9-7-10(15-11(12)14-9)16-8-4-3-5-8/h7-8H,2-6H2,1H3,(H3,12,13,14,15). The van der Waals surface area contributed by atoms with E-state index in [0.717, 1.165) is 31.6 Å². The maximum Gasteiger partial charge on any atom is 0.225 e. The Bertz CT molecular complexity index is 352. The van der Waals surface area contributed by atoms with E-state index in [4.69, 9.17) is 10.5 Å². The molecule has 0 aromatic carbocycles. The molecule has 0 radical (unpaired) electrons. The Morgan fingerprint density at radius 3 is 2.94 bits per heavy atom. The lowest BCUT2D eigenvalue weighted by atomic mass is 9.96. The molecular weight excluding hydrogens is 204 g/mol. The van der Waals surface area contributed by atoms with E-state index in [1.807, 2.05) is 6.07 Å². The van der Waals surface area contributed by atoms with E-state index in [1.54, 1.807) is 0 Å². The second-order valence-electron chi connectivity index (χ2n) is 4.05. The number of nitrogens with zero attached hydrogens (tertiary/aromatic N) is 2. The highest BCUT2D eigenvalue weighted by Crippen LogP contribution is 2.25. The second kappa shape index (κ2) is 5.01. The third-order valence-corrected chi connectivity index (χ3v) is 2.62. The van der Waals surface area contributed by atoms with Gasteiger partial charge in [-0.1, -0.05) is 6.92 Å². The first-order valence-electron chi connectivity index (χ1n) is 5.83. The molecule has 1 aromatic rings. The monoisotopic (exact) mass is 222 g/mol. The third-order valence-electron chi connectivity index (χ3n) is 2.62. The number of hydrogen-bond acceptors (Lipinski definition) is 5. The molecule has 1 saturated carbocycles. The molecular formula is C11H18N4O. The molecule has 1 aromatic heterocycles. The molecule has 2 rings (SSSR count). The van der Waals surface area contributed by atoms with Gasteiger partial charge < -0.3 is 15.8 Å². The van der Waals surface area contributed by atoms with Crippen molar-refractivity contribution in [1.29, 1.82) is 0 Å². The summed E-state index contributed by atoms with van der Waals surface area (Å²) in [4.78, 5) is 8.17. The summed E-state index contributed by atoms with van der Waals surface area (Å²) in [5.74, 6) is 1.58. The lowest BCUT2D eigenvalue weighted by Crippen LogP contribution is -2.25. The predicted octanol–water partition coefficient (Wildman–Crippen LogP) is 1.81. The molecule has 0 bridgehead atoms. The van der Waals surface area contributed by atoms with Gasteiger partial charge in [0.1, 0.15) is 11.9 Å². The fourth-order valence-electron chi connectivity index (χ4n) is 1.51. The predicted molar refractivity (Wildman–Crippen MR) is 63.5 cm³/mol. The molecule has 0 spiro atoms. The Balaban J connectivity index is 2.02. The lowest BCUT2D eigenvalue weighted by Gasteiger charge is -2.25. The minimum absolute atomic E-state index is 0.260. The Labute approximate surface area is 95.4 Å². The van der Waals surface area contributed by atoms with Crippen LogP contribution in [0, 0.1) is 0 Å². The molecule has 1 heterocycles. The zero-order valence-corrected chi connectivity index (χ0v) is 9.57. The van der Waals surface area contributed by atoms with Crippen LogP contribution < -0.4 is 15.8 Å². The van der Waals surface area contributed by atoms with E-state index in [9.17, 15) is 0 Å². The normalized spacial score (nSPS) is 15.6. The number of nitrogen functional groups attached to an aromatic ring is 1. The van der Waals surface area contributed by atoms with Crippen molar-refractivity contribution < 1.29 is 4.74 Å². The van der Waals surface area contributed by atoms with Gasteiger partial charge in [0.25, 0.3) is 0 Å². The van der Waals surface area contributed by atoms with Crippen molar-refractivity contribution in [3.63, 3.8) is 0 Å². The number of nitrogens with one attached hydrogen (secondary N) is 1. The Morgan fingerprint density at radius 2 is 2.31 bits per heavy atom. The Morgan fingerprint density at radius 1 is 1.50 bits per heavy atom. The van der Waals surface area contributed by atoms with Gasteiger partial charge in [-0.05, 0) is 25.7 Å². The van der Waals surface area contributed by atoms with Crippen LogP contribution >= 0.6 is 0 Å². The number of nitrogens with two attached hydrogens (primary N) is 1. The van der Waals surface area contributed by atoms with E-state index in [1.165, 1.54) is 6.42 Å². The SMILES string of the molecule is CCCNc1cc(OC2CCC2)nc(N)n1. The average molecular weight is 222 g/mol. The second-order valence-corrected chi connectivity index (χ2v) is 4.05. The fraction of sp³-hybridized carbons (Fsp3) is 0.636. The van der Waals surface area contributed by atoms with Gasteiger partial charge in [-0.25, -0.2) is 0 Å². The highest BCUT2D eigenvalue weighted by atomic mass is 16.5. The van der Waals surface area contributed by atoms with E-state index >= 15 is 0 Å². The summed E-state index contributed by atoms with van der Waals surface area (Å²) in [5, 5.41) is 3.17. The summed E-state index contributed by atoms with van der Waals surface area (Å²) in [7, 11) is 0. The number of anilines is 2. The van der Waals surface area contributed by atoms with Crippen LogP contribution in [-0.4, -0.2) is 22.6 Å². The molecule has 0 unspecified atom stereocenters. The quantitative estimate of drug-likeness (QED) is 0.795. The summed E-state index contributed by atoms with van der Waals surface area (Å²) in [6, 6.07) is 1.81. The molecule has 0 atom stereocenters. The van der Waals surface area contributed by atoms with Crippen molar-refractivity contribution in [2.75, 3.05) is 17.6 Å². The van der Waals surface area contributed by atoms with Crippen LogP contribution in [0.4, 0.5) is 11.8 Å². The molecule has 3 N–H and O–H groups in total. The van der Waals surface area contributed by atoms with Crippen LogP contribution in [-0.2, 0) is 0 Å². The summed E-state index contributed by atoms with van der Waals surface area (Å²) in [6.45, 7) is 2.97. The topological polar surface area (TPSA) is 73.1 Å². The molecule has 5 nitrogen and oxygen atoms in total. The molecule has 1 aliphatic carbocycles. The third kappa shape index (κ3) is 2.74. The van der Waals surface area contributed by atoms with Crippen molar-refractivity contribution >= 4 is 11.8 Å². The first-order valence-corrected chi connectivity index (χ1v) is 5.83. The zero-order chi connectivity index (χ0) is 11.4. The molecule has 5 heteroatoms. The lowest BCUT2D eigenvalue weighted by molar-refractivity contribution is 0.115. The number of aromatic nitrogens is 2. The van der Waals surface area contributed by atoms with Crippen LogP contribution in [0.3, 0.4) is 0 Å². The van der Waals surface area contributed by atoms with Gasteiger partial charge >= 0.3 is 0 Å². The van der Waals surface area contributed by atoms with Gasteiger partial charge in [-0.15, -0.1) is 0 Å². The van der Waals surface area contributed by atoms with Gasteiger partial charge in [-0.2, -0.15) is 9.97 Å². The van der Waals surface area contributed by atoms with Crippen LogP contribution in [0.5, 0.6) is 5.88 Å². The summed E-state index contributed by atoms with van der Waals surface area (Å²) < 4.78 is 5.68. The fourth-order valence-corrected chi connectivity index (χ4v) is 1.51. The maximum atomic E-state index is 5.68. The summed E-state index contributed by atoms with van der Waals surface area (Å²) in [5.41, 5.74) is 5.62. The van der Waals surface area contributed by atoms with Gasteiger partial charge in [0, 0.05) is 12.6 Å². The number of rotatable bonds is 5. The first kappa shape index (κ1) is 11.0. The van der Waals surface area contributed by atoms with Gasteiger partial charge in [0.2, 0.25) is 11.8 Å². The van der Waals surface area contributed by atoms with Crippen molar-refractivity contribution in [3.8, 4) is 5.88 Å². The van der Waals surface area contributed by atoms with Gasteiger partial charge in [0.15, 0.2) is 0 Å². The van der Waals surface area contributed by atoms with Crippen LogP contribution in [0.15, 0.2) is 6.07 Å². The number of hydrogen-bond donors (Lipinski definition) is 2. The van der Waals surface area contributed by atoms with Crippen molar-refractivity contribution in [3.05, 3.63) is 6.07 Å². The summed E-state index contributed by atoms with van der Waals surface area (Å²) in [6.07, 6.45) is 4.83. The first-order chi connectivity index (χ1) is 7.78. The molecule has 1 fully saturated rings. The van der Waals surface area contributed by atoms with E-state index in [0.29, 0.717) is 12.0 Å². The molecule has 16 heavy (non-hydrogen) atoms. The largest absolute Gasteiger partial charge is 0.474 e.